The van der Waals surface area contributed by atoms with Gasteiger partial charge in [0.05, 0.1) is 37.2 Å². The van der Waals surface area contributed by atoms with E-state index in [0.717, 1.165) is 5.56 Å². The predicted octanol–water partition coefficient (Wildman–Crippen LogP) is 2.08. The van der Waals surface area contributed by atoms with Gasteiger partial charge in [-0.2, -0.15) is 5.10 Å². The third kappa shape index (κ3) is 3.97. The summed E-state index contributed by atoms with van der Waals surface area (Å²) in [5.41, 5.74) is 0.440. The molecule has 31 heavy (non-hydrogen) atoms. The number of methoxy groups -OCH3 is 2. The van der Waals surface area contributed by atoms with Crippen molar-refractivity contribution in [1.29, 1.82) is 0 Å². The topological polar surface area (TPSA) is 113 Å². The smallest absolute Gasteiger partial charge is 0.274 e. The molecule has 158 valence electrons. The average molecular weight is 438 g/mol. The van der Waals surface area contributed by atoms with Crippen LogP contribution in [-0.4, -0.2) is 42.4 Å². The van der Waals surface area contributed by atoms with Crippen LogP contribution >= 0.6 is 0 Å². The summed E-state index contributed by atoms with van der Waals surface area (Å²) < 4.78 is 37.2. The third-order valence-electron chi connectivity index (χ3n) is 4.66. The monoisotopic (exact) mass is 438 g/mol. The molecule has 0 aliphatic rings. The van der Waals surface area contributed by atoms with Gasteiger partial charge in [-0.3, -0.25) is 4.79 Å². The van der Waals surface area contributed by atoms with E-state index in [4.69, 9.17) is 9.47 Å². The SMILES string of the molecule is COc1ccc(Cn2ncc3cc(S(=O)(=O)c4cccc(OC)n4)ccc3c2=O)cn1. The van der Waals surface area contributed by atoms with Gasteiger partial charge in [0.25, 0.3) is 5.56 Å². The Hall–Kier alpha value is -3.79. The minimum atomic E-state index is -3.89. The van der Waals surface area contributed by atoms with Gasteiger partial charge in [-0.15, -0.1) is 0 Å². The molecule has 0 fully saturated rings. The van der Waals surface area contributed by atoms with Gasteiger partial charge in [0.15, 0.2) is 5.03 Å². The van der Waals surface area contributed by atoms with Crippen molar-refractivity contribution in [3.8, 4) is 11.8 Å². The molecule has 4 rings (SSSR count). The maximum Gasteiger partial charge on any atom is 0.274 e. The Morgan fingerprint density at radius 3 is 2.48 bits per heavy atom. The lowest BCUT2D eigenvalue weighted by Gasteiger charge is -2.09. The molecular weight excluding hydrogens is 420 g/mol. The molecule has 0 N–H and O–H groups in total. The zero-order valence-electron chi connectivity index (χ0n) is 16.7. The highest BCUT2D eigenvalue weighted by molar-refractivity contribution is 7.91. The first-order chi connectivity index (χ1) is 14.9. The Labute approximate surface area is 177 Å². The van der Waals surface area contributed by atoms with Crippen LogP contribution in [0, 0.1) is 0 Å². The maximum absolute atomic E-state index is 13.0. The molecule has 0 atom stereocenters. The highest BCUT2D eigenvalue weighted by atomic mass is 32.2. The van der Waals surface area contributed by atoms with Crippen molar-refractivity contribution >= 4 is 20.6 Å². The number of pyridine rings is 2. The van der Waals surface area contributed by atoms with Crippen molar-refractivity contribution in [2.45, 2.75) is 16.5 Å². The molecule has 3 heterocycles. The summed E-state index contributed by atoms with van der Waals surface area (Å²) in [6, 6.07) is 12.3. The number of hydrogen-bond donors (Lipinski definition) is 0. The van der Waals surface area contributed by atoms with Gasteiger partial charge < -0.3 is 9.47 Å². The molecule has 0 spiro atoms. The van der Waals surface area contributed by atoms with E-state index in [0.29, 0.717) is 16.7 Å². The summed E-state index contributed by atoms with van der Waals surface area (Å²) >= 11 is 0. The maximum atomic E-state index is 13.0. The van der Waals surface area contributed by atoms with Crippen molar-refractivity contribution < 1.29 is 17.9 Å². The largest absolute Gasteiger partial charge is 0.481 e. The Kier molecular flexibility index (Phi) is 5.38. The van der Waals surface area contributed by atoms with E-state index in [9.17, 15) is 13.2 Å². The molecular formula is C21H18N4O5S. The summed E-state index contributed by atoms with van der Waals surface area (Å²) in [5, 5.41) is 4.81. The number of hydrogen-bond acceptors (Lipinski definition) is 8. The molecule has 0 aliphatic heterocycles. The van der Waals surface area contributed by atoms with Crippen LogP contribution in [0.1, 0.15) is 5.56 Å². The van der Waals surface area contributed by atoms with Crippen molar-refractivity contribution in [3.63, 3.8) is 0 Å². The zero-order chi connectivity index (χ0) is 22.0. The number of rotatable bonds is 6. The van der Waals surface area contributed by atoms with Crippen LogP contribution in [-0.2, 0) is 16.4 Å². The standard InChI is InChI=1S/C21H18N4O5S/c1-29-18-9-6-14(11-22-18)13-25-21(26)17-8-7-16(10-15(17)12-23-25)31(27,28)20-5-3-4-19(24-20)30-2/h3-12H,13H2,1-2H3. The van der Waals surface area contributed by atoms with Crippen molar-refractivity contribution in [1.82, 2.24) is 19.7 Å². The van der Waals surface area contributed by atoms with Crippen molar-refractivity contribution in [3.05, 3.63) is 76.8 Å². The Balaban J connectivity index is 1.70. The molecule has 0 saturated heterocycles. The zero-order valence-corrected chi connectivity index (χ0v) is 17.5. The van der Waals surface area contributed by atoms with Gasteiger partial charge in [0.2, 0.25) is 21.6 Å². The van der Waals surface area contributed by atoms with Gasteiger partial charge in [0, 0.05) is 23.7 Å². The summed E-state index contributed by atoms with van der Waals surface area (Å²) in [4.78, 5) is 21.0. The summed E-state index contributed by atoms with van der Waals surface area (Å²) in [6.45, 7) is 0.222. The van der Waals surface area contributed by atoms with Crippen LogP contribution in [0.15, 0.2) is 75.6 Å². The summed E-state index contributed by atoms with van der Waals surface area (Å²) in [7, 11) is -0.955. The highest BCUT2D eigenvalue weighted by Crippen LogP contribution is 2.23. The van der Waals surface area contributed by atoms with Crippen LogP contribution in [0.2, 0.25) is 0 Å². The quantitative estimate of drug-likeness (QED) is 0.450. The minimum Gasteiger partial charge on any atom is -0.481 e. The lowest BCUT2D eigenvalue weighted by Crippen LogP contribution is -2.23. The first kappa shape index (κ1) is 20.5. The minimum absolute atomic E-state index is 0.0130. The molecule has 0 saturated carbocycles. The van der Waals surface area contributed by atoms with Crippen LogP contribution in [0.4, 0.5) is 0 Å². The van der Waals surface area contributed by atoms with E-state index >= 15 is 0 Å². The lowest BCUT2D eigenvalue weighted by molar-refractivity contribution is 0.393. The van der Waals surface area contributed by atoms with Crippen LogP contribution < -0.4 is 15.0 Å². The van der Waals surface area contributed by atoms with E-state index in [1.54, 1.807) is 30.5 Å². The number of benzene rings is 1. The molecule has 0 unspecified atom stereocenters. The molecule has 4 aromatic rings. The van der Waals surface area contributed by atoms with Crippen molar-refractivity contribution in [2.24, 2.45) is 0 Å². The second-order valence-electron chi connectivity index (χ2n) is 6.59. The van der Waals surface area contributed by atoms with Gasteiger partial charge in [-0.05, 0) is 29.8 Å². The first-order valence-corrected chi connectivity index (χ1v) is 10.7. The molecule has 3 aromatic heterocycles. The lowest BCUT2D eigenvalue weighted by atomic mass is 10.2. The molecule has 9 nitrogen and oxygen atoms in total. The molecule has 0 radical (unpaired) electrons. The third-order valence-corrected chi connectivity index (χ3v) is 6.31. The first-order valence-electron chi connectivity index (χ1n) is 9.17. The molecule has 0 amide bonds. The number of fused-ring (bicyclic) bond motifs is 1. The summed E-state index contributed by atoms with van der Waals surface area (Å²) in [6.07, 6.45) is 3.07. The molecule has 0 aliphatic carbocycles. The normalized spacial score (nSPS) is 11.4. The number of sulfone groups is 1. The molecule has 0 bridgehead atoms. The average Bonchev–Trinajstić information content (AvgIpc) is 2.81. The predicted molar refractivity (Wildman–Crippen MR) is 112 cm³/mol. The Bertz CT molecular complexity index is 1420. The van der Waals surface area contributed by atoms with Gasteiger partial charge in [0.1, 0.15) is 0 Å². The van der Waals surface area contributed by atoms with E-state index in [2.05, 4.69) is 15.1 Å². The van der Waals surface area contributed by atoms with Gasteiger partial charge in [-0.25, -0.2) is 23.1 Å². The molecule has 1 aromatic carbocycles. The van der Waals surface area contributed by atoms with E-state index < -0.39 is 9.84 Å². The van der Waals surface area contributed by atoms with E-state index in [1.807, 2.05) is 0 Å². The van der Waals surface area contributed by atoms with Gasteiger partial charge >= 0.3 is 0 Å². The Morgan fingerprint density at radius 2 is 1.77 bits per heavy atom. The van der Waals surface area contributed by atoms with E-state index in [-0.39, 0.29) is 27.9 Å². The van der Waals surface area contributed by atoms with Gasteiger partial charge in [-0.1, -0.05) is 12.1 Å². The highest BCUT2D eigenvalue weighted by Gasteiger charge is 2.21. The number of aromatic nitrogens is 4. The van der Waals surface area contributed by atoms with E-state index in [1.165, 1.54) is 49.4 Å². The summed E-state index contributed by atoms with van der Waals surface area (Å²) in [5.74, 6) is 0.668. The second kappa shape index (κ2) is 8.15. The fraction of sp³-hybridized carbons (Fsp3) is 0.143. The number of nitrogens with zero attached hydrogens (tertiary/aromatic N) is 4. The fourth-order valence-corrected chi connectivity index (χ4v) is 4.26. The Morgan fingerprint density at radius 1 is 0.968 bits per heavy atom. The molecule has 10 heteroatoms. The van der Waals surface area contributed by atoms with Crippen LogP contribution in [0.25, 0.3) is 10.8 Å². The second-order valence-corrected chi connectivity index (χ2v) is 8.48. The number of ether oxygens (including phenoxy) is 2. The van der Waals surface area contributed by atoms with Crippen LogP contribution in [0.3, 0.4) is 0 Å². The fourth-order valence-electron chi connectivity index (χ4n) is 3.02. The van der Waals surface area contributed by atoms with Crippen molar-refractivity contribution in [2.75, 3.05) is 14.2 Å². The van der Waals surface area contributed by atoms with Crippen LogP contribution in [0.5, 0.6) is 11.8 Å².